The zero-order chi connectivity index (χ0) is 13.9. The van der Waals surface area contributed by atoms with Gasteiger partial charge in [0.1, 0.15) is 6.33 Å². The van der Waals surface area contributed by atoms with Gasteiger partial charge in [-0.2, -0.15) is 0 Å². The van der Waals surface area contributed by atoms with Crippen LogP contribution < -0.4 is 10.5 Å². The van der Waals surface area contributed by atoms with Crippen LogP contribution >= 0.6 is 0 Å². The third kappa shape index (κ3) is 2.31. The van der Waals surface area contributed by atoms with E-state index in [0.717, 1.165) is 11.3 Å². The van der Waals surface area contributed by atoms with Crippen molar-refractivity contribution in [3.8, 4) is 23.0 Å². The van der Waals surface area contributed by atoms with Crippen LogP contribution in [-0.4, -0.2) is 26.9 Å². The molecule has 0 aliphatic heterocycles. The number of nitrogens with zero attached hydrogens (tertiary/aromatic N) is 4. The maximum Gasteiger partial charge on any atom is 0.215 e. The summed E-state index contributed by atoms with van der Waals surface area (Å²) < 4.78 is 6.76. The normalized spacial score (nSPS) is 10.4. The summed E-state index contributed by atoms with van der Waals surface area (Å²) in [6.07, 6.45) is 3.31. The van der Waals surface area contributed by atoms with Gasteiger partial charge < -0.3 is 10.5 Å². The number of hydrogen-bond donors (Lipinski definition) is 1. The Morgan fingerprint density at radius 1 is 1.15 bits per heavy atom. The van der Waals surface area contributed by atoms with Crippen LogP contribution in [0.1, 0.15) is 0 Å². The molecule has 100 valence electrons. The zero-order valence-corrected chi connectivity index (χ0v) is 10.9. The summed E-state index contributed by atoms with van der Waals surface area (Å²) in [7, 11) is 1.58. The fourth-order valence-electron chi connectivity index (χ4n) is 1.85. The number of hydrogen-bond acceptors (Lipinski definition) is 5. The summed E-state index contributed by atoms with van der Waals surface area (Å²) in [6.45, 7) is 0. The molecule has 0 saturated carbocycles. The van der Waals surface area contributed by atoms with Crippen LogP contribution in [0.5, 0.6) is 5.88 Å². The highest BCUT2D eigenvalue weighted by atomic mass is 16.5. The summed E-state index contributed by atoms with van der Waals surface area (Å²) in [4.78, 5) is 8.35. The van der Waals surface area contributed by atoms with Gasteiger partial charge in [0.05, 0.1) is 12.8 Å². The van der Waals surface area contributed by atoms with Gasteiger partial charge in [0.15, 0.2) is 5.82 Å². The number of benzene rings is 1. The third-order valence-corrected chi connectivity index (χ3v) is 2.83. The van der Waals surface area contributed by atoms with Crippen molar-refractivity contribution in [2.45, 2.75) is 0 Å². The van der Waals surface area contributed by atoms with Crippen molar-refractivity contribution in [3.05, 3.63) is 48.9 Å². The van der Waals surface area contributed by atoms with E-state index in [0.29, 0.717) is 17.4 Å². The summed E-state index contributed by atoms with van der Waals surface area (Å²) in [5.74, 6) is 1.15. The van der Waals surface area contributed by atoms with E-state index in [1.807, 2.05) is 30.3 Å². The highest BCUT2D eigenvalue weighted by Gasteiger charge is 2.06. The number of aromatic nitrogens is 4. The SMILES string of the molecule is COc1cc(-n2cnc(-c3cccc(N)c3)n2)ccn1. The second-order valence-electron chi connectivity index (χ2n) is 4.19. The zero-order valence-electron chi connectivity index (χ0n) is 10.9. The Hall–Kier alpha value is -2.89. The molecule has 0 bridgehead atoms. The van der Waals surface area contributed by atoms with Gasteiger partial charge in [-0.25, -0.2) is 14.6 Å². The second kappa shape index (κ2) is 5.00. The summed E-state index contributed by atoms with van der Waals surface area (Å²) >= 11 is 0. The maximum atomic E-state index is 5.76. The number of nitrogen functional groups attached to an aromatic ring is 1. The number of anilines is 1. The second-order valence-corrected chi connectivity index (χ2v) is 4.19. The van der Waals surface area contributed by atoms with Gasteiger partial charge in [-0.3, -0.25) is 0 Å². The number of rotatable bonds is 3. The van der Waals surface area contributed by atoms with E-state index in [1.54, 1.807) is 30.4 Å². The quantitative estimate of drug-likeness (QED) is 0.733. The lowest BCUT2D eigenvalue weighted by atomic mass is 10.2. The van der Waals surface area contributed by atoms with Gasteiger partial charge in [-0.15, -0.1) is 5.10 Å². The largest absolute Gasteiger partial charge is 0.481 e. The molecule has 1 aromatic carbocycles. The smallest absolute Gasteiger partial charge is 0.215 e. The van der Waals surface area contributed by atoms with Crippen molar-refractivity contribution in [1.82, 2.24) is 19.7 Å². The minimum atomic E-state index is 0.531. The molecule has 0 amide bonds. The van der Waals surface area contributed by atoms with Gasteiger partial charge in [-0.05, 0) is 18.2 Å². The van der Waals surface area contributed by atoms with Crippen molar-refractivity contribution in [1.29, 1.82) is 0 Å². The minimum Gasteiger partial charge on any atom is -0.481 e. The van der Waals surface area contributed by atoms with Crippen LogP contribution in [0.3, 0.4) is 0 Å². The van der Waals surface area contributed by atoms with E-state index in [2.05, 4.69) is 15.1 Å². The molecule has 0 atom stereocenters. The molecule has 20 heavy (non-hydrogen) atoms. The van der Waals surface area contributed by atoms with Crippen LogP contribution in [0.4, 0.5) is 5.69 Å². The molecule has 0 aliphatic rings. The molecular weight excluding hydrogens is 254 g/mol. The van der Waals surface area contributed by atoms with Crippen LogP contribution in [0.25, 0.3) is 17.1 Å². The summed E-state index contributed by atoms with van der Waals surface area (Å²) in [5, 5.41) is 4.43. The Morgan fingerprint density at radius 2 is 2.05 bits per heavy atom. The first-order valence-corrected chi connectivity index (χ1v) is 6.04. The number of ether oxygens (including phenoxy) is 1. The lowest BCUT2D eigenvalue weighted by molar-refractivity contribution is 0.397. The fourth-order valence-corrected chi connectivity index (χ4v) is 1.85. The van der Waals surface area contributed by atoms with E-state index in [-0.39, 0.29) is 0 Å². The molecule has 0 spiro atoms. The minimum absolute atomic E-state index is 0.531. The highest BCUT2D eigenvalue weighted by Crippen LogP contribution is 2.19. The Morgan fingerprint density at radius 3 is 2.85 bits per heavy atom. The van der Waals surface area contributed by atoms with Crippen molar-refractivity contribution < 1.29 is 4.74 Å². The molecule has 2 heterocycles. The molecular formula is C14H13N5O. The van der Waals surface area contributed by atoms with E-state index in [1.165, 1.54) is 0 Å². The lowest BCUT2D eigenvalue weighted by Gasteiger charge is -2.02. The first-order valence-electron chi connectivity index (χ1n) is 6.04. The van der Waals surface area contributed by atoms with Crippen molar-refractivity contribution in [3.63, 3.8) is 0 Å². The number of pyridine rings is 1. The molecule has 0 aliphatic carbocycles. The number of nitrogens with two attached hydrogens (primary N) is 1. The maximum absolute atomic E-state index is 5.76. The average Bonchev–Trinajstić information content (AvgIpc) is 2.97. The van der Waals surface area contributed by atoms with E-state index >= 15 is 0 Å². The molecule has 2 aromatic heterocycles. The molecule has 6 heteroatoms. The van der Waals surface area contributed by atoms with E-state index < -0.39 is 0 Å². The van der Waals surface area contributed by atoms with Gasteiger partial charge in [0.25, 0.3) is 0 Å². The van der Waals surface area contributed by atoms with Gasteiger partial charge >= 0.3 is 0 Å². The van der Waals surface area contributed by atoms with E-state index in [9.17, 15) is 0 Å². The highest BCUT2D eigenvalue weighted by molar-refractivity contribution is 5.60. The molecule has 3 aromatic rings. The fraction of sp³-hybridized carbons (Fsp3) is 0.0714. The monoisotopic (exact) mass is 267 g/mol. The summed E-state index contributed by atoms with van der Waals surface area (Å²) in [6, 6.07) is 11.1. The van der Waals surface area contributed by atoms with Gasteiger partial charge in [0, 0.05) is 23.5 Å². The molecule has 0 saturated heterocycles. The molecule has 0 unspecified atom stereocenters. The topological polar surface area (TPSA) is 78.9 Å². The molecule has 2 N–H and O–H groups in total. The lowest BCUT2D eigenvalue weighted by Crippen LogP contribution is -1.97. The molecule has 0 fully saturated rings. The van der Waals surface area contributed by atoms with Crippen LogP contribution in [0.15, 0.2) is 48.9 Å². The molecule has 3 rings (SSSR count). The van der Waals surface area contributed by atoms with Crippen molar-refractivity contribution in [2.75, 3.05) is 12.8 Å². The first-order chi connectivity index (χ1) is 9.76. The van der Waals surface area contributed by atoms with Crippen LogP contribution in [-0.2, 0) is 0 Å². The predicted octanol–water partition coefficient (Wildman–Crippen LogP) is 1.92. The van der Waals surface area contributed by atoms with Crippen molar-refractivity contribution in [2.24, 2.45) is 0 Å². The Labute approximate surface area is 115 Å². The van der Waals surface area contributed by atoms with Crippen molar-refractivity contribution >= 4 is 5.69 Å². The average molecular weight is 267 g/mol. The first kappa shape index (κ1) is 12.2. The van der Waals surface area contributed by atoms with Crippen LogP contribution in [0.2, 0.25) is 0 Å². The molecule has 6 nitrogen and oxygen atoms in total. The predicted molar refractivity (Wildman–Crippen MR) is 75.6 cm³/mol. The standard InChI is InChI=1S/C14H13N5O/c1-20-13-8-12(5-6-16-13)19-9-17-14(18-19)10-3-2-4-11(15)7-10/h2-9H,15H2,1H3. The Balaban J connectivity index is 1.97. The van der Waals surface area contributed by atoms with E-state index in [4.69, 9.17) is 10.5 Å². The van der Waals surface area contributed by atoms with Gasteiger partial charge in [0.2, 0.25) is 5.88 Å². The van der Waals surface area contributed by atoms with Gasteiger partial charge in [-0.1, -0.05) is 12.1 Å². The summed E-state index contributed by atoms with van der Waals surface area (Å²) in [5.41, 5.74) is 8.16. The third-order valence-electron chi connectivity index (χ3n) is 2.83. The van der Waals surface area contributed by atoms with Crippen LogP contribution in [0, 0.1) is 0 Å². The molecule has 0 radical (unpaired) electrons. The Bertz CT molecular complexity index is 738. The number of methoxy groups -OCH3 is 1. The Kier molecular flexibility index (Phi) is 3.04.